The van der Waals surface area contributed by atoms with Gasteiger partial charge in [0.25, 0.3) is 5.91 Å². The number of nitrogens with zero attached hydrogens (tertiary/aromatic N) is 1. The van der Waals surface area contributed by atoms with Crippen molar-refractivity contribution in [1.29, 1.82) is 0 Å². The van der Waals surface area contributed by atoms with Gasteiger partial charge in [-0.3, -0.25) is 4.79 Å². The fourth-order valence-electron chi connectivity index (χ4n) is 2.45. The zero-order valence-corrected chi connectivity index (χ0v) is 14.7. The van der Waals surface area contributed by atoms with Gasteiger partial charge in [0.1, 0.15) is 0 Å². The monoisotopic (exact) mass is 385 g/mol. The second-order valence-corrected chi connectivity index (χ2v) is 8.36. The first-order valence-corrected chi connectivity index (χ1v) is 9.45. The lowest BCUT2D eigenvalue weighted by Crippen LogP contribution is -2.36. The Kier molecular flexibility index (Phi) is 5.11. The summed E-state index contributed by atoms with van der Waals surface area (Å²) >= 11 is 6.65. The van der Waals surface area contributed by atoms with Crippen LogP contribution in [-0.4, -0.2) is 30.1 Å². The van der Waals surface area contributed by atoms with Gasteiger partial charge in [-0.1, -0.05) is 6.07 Å². The minimum Gasteiger partial charge on any atom is -0.376 e. The predicted octanol–water partition coefficient (Wildman–Crippen LogP) is 4.39. The van der Waals surface area contributed by atoms with Crippen LogP contribution in [0.3, 0.4) is 0 Å². The number of thiophene rings is 2. The molecular weight excluding hydrogens is 370 g/mol. The summed E-state index contributed by atoms with van der Waals surface area (Å²) in [6, 6.07) is 5.99. The predicted molar refractivity (Wildman–Crippen MR) is 90.1 cm³/mol. The third kappa shape index (κ3) is 3.94. The van der Waals surface area contributed by atoms with Crippen molar-refractivity contribution >= 4 is 44.5 Å². The highest BCUT2D eigenvalue weighted by atomic mass is 79.9. The number of hydrogen-bond donors (Lipinski definition) is 0. The Morgan fingerprint density at radius 3 is 3.00 bits per heavy atom. The van der Waals surface area contributed by atoms with Gasteiger partial charge < -0.3 is 9.64 Å². The average molecular weight is 386 g/mol. The molecule has 0 spiro atoms. The maximum absolute atomic E-state index is 12.7. The molecule has 0 aliphatic carbocycles. The van der Waals surface area contributed by atoms with Crippen LogP contribution < -0.4 is 0 Å². The van der Waals surface area contributed by atoms with E-state index in [0.717, 1.165) is 28.8 Å². The smallest absolute Gasteiger partial charge is 0.255 e. The SMILES string of the molecule is O=C(c1csc(Br)c1)N(Cc1cccs1)CC1CCCO1. The molecule has 2 aromatic heterocycles. The number of ether oxygens (including phenoxy) is 1. The first kappa shape index (κ1) is 15.2. The third-order valence-corrected chi connectivity index (χ3v) is 5.84. The minimum absolute atomic E-state index is 0.0841. The van der Waals surface area contributed by atoms with Crippen LogP contribution in [0.2, 0.25) is 0 Å². The second kappa shape index (κ2) is 7.05. The highest BCUT2D eigenvalue weighted by Gasteiger charge is 2.24. The fraction of sp³-hybridized carbons (Fsp3) is 0.400. The molecule has 3 nitrogen and oxygen atoms in total. The van der Waals surface area contributed by atoms with Gasteiger partial charge in [0.05, 0.1) is 22.0 Å². The van der Waals surface area contributed by atoms with Crippen molar-refractivity contribution in [3.05, 3.63) is 43.2 Å². The number of rotatable bonds is 5. The van der Waals surface area contributed by atoms with Crippen LogP contribution in [0.4, 0.5) is 0 Å². The van der Waals surface area contributed by atoms with E-state index >= 15 is 0 Å². The van der Waals surface area contributed by atoms with Gasteiger partial charge in [-0.15, -0.1) is 22.7 Å². The minimum atomic E-state index is 0.0841. The number of halogens is 1. The van der Waals surface area contributed by atoms with Crippen LogP contribution in [0.25, 0.3) is 0 Å². The summed E-state index contributed by atoms with van der Waals surface area (Å²) in [5.74, 6) is 0.0841. The highest BCUT2D eigenvalue weighted by Crippen LogP contribution is 2.24. The van der Waals surface area contributed by atoms with Gasteiger partial charge in [-0.05, 0) is 46.3 Å². The molecular formula is C15H16BrNO2S2. The van der Waals surface area contributed by atoms with Crippen molar-refractivity contribution in [3.8, 4) is 0 Å². The van der Waals surface area contributed by atoms with E-state index in [9.17, 15) is 4.79 Å². The number of amides is 1. The Hall–Kier alpha value is -0.690. The van der Waals surface area contributed by atoms with E-state index in [1.807, 2.05) is 27.8 Å². The van der Waals surface area contributed by atoms with E-state index in [4.69, 9.17) is 4.74 Å². The summed E-state index contributed by atoms with van der Waals surface area (Å²) in [6.07, 6.45) is 2.31. The lowest BCUT2D eigenvalue weighted by atomic mass is 10.2. The molecule has 1 unspecified atom stereocenters. The molecule has 0 saturated carbocycles. The summed E-state index contributed by atoms with van der Waals surface area (Å²) in [5, 5.41) is 3.95. The topological polar surface area (TPSA) is 29.5 Å². The molecule has 112 valence electrons. The maximum Gasteiger partial charge on any atom is 0.255 e. The molecule has 0 aromatic carbocycles. The van der Waals surface area contributed by atoms with Gasteiger partial charge >= 0.3 is 0 Å². The van der Waals surface area contributed by atoms with Crippen LogP contribution in [0.5, 0.6) is 0 Å². The summed E-state index contributed by atoms with van der Waals surface area (Å²) in [5.41, 5.74) is 0.751. The van der Waals surface area contributed by atoms with Crippen molar-refractivity contribution < 1.29 is 9.53 Å². The van der Waals surface area contributed by atoms with Crippen LogP contribution >= 0.6 is 38.6 Å². The summed E-state index contributed by atoms with van der Waals surface area (Å²) in [7, 11) is 0. The van der Waals surface area contributed by atoms with Crippen molar-refractivity contribution in [2.45, 2.75) is 25.5 Å². The molecule has 0 bridgehead atoms. The summed E-state index contributed by atoms with van der Waals surface area (Å²) < 4.78 is 6.68. The van der Waals surface area contributed by atoms with E-state index < -0.39 is 0 Å². The molecule has 0 radical (unpaired) electrons. The molecule has 1 aliphatic rings. The zero-order chi connectivity index (χ0) is 14.7. The molecule has 1 saturated heterocycles. The molecule has 1 aliphatic heterocycles. The van der Waals surface area contributed by atoms with E-state index in [1.165, 1.54) is 4.88 Å². The van der Waals surface area contributed by atoms with Gasteiger partial charge in [-0.25, -0.2) is 0 Å². The molecule has 1 amide bonds. The largest absolute Gasteiger partial charge is 0.376 e. The number of hydrogen-bond acceptors (Lipinski definition) is 4. The lowest BCUT2D eigenvalue weighted by Gasteiger charge is -2.24. The van der Waals surface area contributed by atoms with E-state index in [2.05, 4.69) is 22.0 Å². The lowest BCUT2D eigenvalue weighted by molar-refractivity contribution is 0.0510. The Balaban J connectivity index is 1.75. The molecule has 0 N–H and O–H groups in total. The third-order valence-electron chi connectivity index (χ3n) is 3.48. The normalized spacial score (nSPS) is 18.0. The van der Waals surface area contributed by atoms with E-state index in [-0.39, 0.29) is 12.0 Å². The van der Waals surface area contributed by atoms with Crippen molar-refractivity contribution in [3.63, 3.8) is 0 Å². The van der Waals surface area contributed by atoms with Crippen LogP contribution in [0.1, 0.15) is 28.1 Å². The zero-order valence-electron chi connectivity index (χ0n) is 11.5. The second-order valence-electron chi connectivity index (χ2n) is 5.04. The van der Waals surface area contributed by atoms with Crippen molar-refractivity contribution in [2.75, 3.05) is 13.2 Å². The fourth-order valence-corrected chi connectivity index (χ4v) is 4.30. The van der Waals surface area contributed by atoms with Crippen LogP contribution in [0.15, 0.2) is 32.7 Å². The highest BCUT2D eigenvalue weighted by molar-refractivity contribution is 9.11. The average Bonchev–Trinajstić information content (AvgIpc) is 3.19. The molecule has 1 atom stereocenters. The van der Waals surface area contributed by atoms with Gasteiger partial charge in [0.2, 0.25) is 0 Å². The Bertz CT molecular complexity index is 591. The van der Waals surface area contributed by atoms with Crippen molar-refractivity contribution in [1.82, 2.24) is 4.90 Å². The summed E-state index contributed by atoms with van der Waals surface area (Å²) in [4.78, 5) is 15.9. The van der Waals surface area contributed by atoms with Gasteiger partial charge in [-0.2, -0.15) is 0 Å². The molecule has 6 heteroatoms. The summed E-state index contributed by atoms with van der Waals surface area (Å²) in [6.45, 7) is 2.14. The quantitative estimate of drug-likeness (QED) is 0.763. The van der Waals surface area contributed by atoms with Crippen LogP contribution in [0, 0.1) is 0 Å². The molecule has 3 rings (SSSR count). The van der Waals surface area contributed by atoms with E-state index in [1.54, 1.807) is 22.7 Å². The van der Waals surface area contributed by atoms with Crippen LogP contribution in [-0.2, 0) is 11.3 Å². The Labute approximate surface area is 140 Å². The van der Waals surface area contributed by atoms with Crippen molar-refractivity contribution in [2.24, 2.45) is 0 Å². The maximum atomic E-state index is 12.7. The van der Waals surface area contributed by atoms with Gasteiger partial charge in [0.15, 0.2) is 0 Å². The first-order valence-electron chi connectivity index (χ1n) is 6.89. The first-order chi connectivity index (χ1) is 10.2. The van der Waals surface area contributed by atoms with E-state index in [0.29, 0.717) is 13.1 Å². The molecule has 3 heterocycles. The standard InChI is InChI=1S/C15H16BrNO2S2/c16-14-7-11(10-21-14)15(18)17(8-12-3-1-5-19-12)9-13-4-2-6-20-13/h2,4,6-7,10,12H,1,3,5,8-9H2. The number of carbonyl (C=O) groups is 1. The molecule has 1 fully saturated rings. The van der Waals surface area contributed by atoms with Gasteiger partial charge in [0, 0.05) is 23.4 Å². The number of carbonyl (C=O) groups excluding carboxylic acids is 1. The molecule has 21 heavy (non-hydrogen) atoms. The molecule has 2 aromatic rings. The Morgan fingerprint density at radius 1 is 1.48 bits per heavy atom. The Morgan fingerprint density at radius 2 is 2.38 bits per heavy atom.